The Hall–Kier alpha value is -2.88. The summed E-state index contributed by atoms with van der Waals surface area (Å²) in [7, 11) is 1.92. The van der Waals surface area contributed by atoms with E-state index in [4.69, 9.17) is 0 Å². The minimum Gasteiger partial charge on any atom is -0.299 e. The summed E-state index contributed by atoms with van der Waals surface area (Å²) in [5.74, 6) is 0. The molecule has 0 atom stereocenters. The zero-order valence-corrected chi connectivity index (χ0v) is 11.6. The summed E-state index contributed by atoms with van der Waals surface area (Å²) in [5, 5.41) is 4.20. The van der Waals surface area contributed by atoms with Gasteiger partial charge in [0.05, 0.1) is 17.2 Å². The number of imidazole rings is 1. The molecule has 4 heteroatoms. The van der Waals surface area contributed by atoms with E-state index in [9.17, 15) is 0 Å². The number of rotatable bonds is 2. The van der Waals surface area contributed by atoms with Crippen molar-refractivity contribution in [1.82, 2.24) is 19.3 Å². The summed E-state index contributed by atoms with van der Waals surface area (Å²) in [6, 6.07) is 17.3. The van der Waals surface area contributed by atoms with Crippen molar-refractivity contribution >= 4 is 11.0 Å². The number of hydrogen-bond acceptors (Lipinski definition) is 2. The van der Waals surface area contributed by atoms with E-state index >= 15 is 0 Å². The first-order valence-electron chi connectivity index (χ1n) is 6.74. The van der Waals surface area contributed by atoms with E-state index in [0.29, 0.717) is 0 Å². The van der Waals surface area contributed by atoms with Gasteiger partial charge in [0.15, 0.2) is 0 Å². The van der Waals surface area contributed by atoms with Crippen LogP contribution in [0.1, 0.15) is 0 Å². The van der Waals surface area contributed by atoms with Gasteiger partial charge >= 0.3 is 0 Å². The highest BCUT2D eigenvalue weighted by Crippen LogP contribution is 2.22. The molecule has 0 saturated carbocycles. The van der Waals surface area contributed by atoms with E-state index in [0.717, 1.165) is 27.8 Å². The van der Waals surface area contributed by atoms with Crippen molar-refractivity contribution in [3.63, 3.8) is 0 Å². The second kappa shape index (κ2) is 4.59. The molecule has 21 heavy (non-hydrogen) atoms. The number of aromatic nitrogens is 4. The minimum absolute atomic E-state index is 0.977. The Morgan fingerprint density at radius 1 is 1.05 bits per heavy atom. The molecule has 2 aromatic heterocycles. The van der Waals surface area contributed by atoms with Gasteiger partial charge in [-0.2, -0.15) is 5.10 Å². The molecule has 0 unspecified atom stereocenters. The van der Waals surface area contributed by atoms with Crippen molar-refractivity contribution in [3.05, 3.63) is 67.3 Å². The lowest BCUT2D eigenvalue weighted by Gasteiger charge is -2.05. The number of hydrogen-bond donors (Lipinski definition) is 0. The van der Waals surface area contributed by atoms with E-state index in [1.54, 1.807) is 0 Å². The van der Waals surface area contributed by atoms with Crippen LogP contribution < -0.4 is 0 Å². The fourth-order valence-electron chi connectivity index (χ4n) is 2.49. The quantitative estimate of drug-likeness (QED) is 0.562. The fraction of sp³-hybridized carbons (Fsp3) is 0.0588. The monoisotopic (exact) mass is 273 g/mol. The van der Waals surface area contributed by atoms with Gasteiger partial charge in [-0.05, 0) is 35.9 Å². The third-order valence-corrected chi connectivity index (χ3v) is 3.58. The van der Waals surface area contributed by atoms with Crippen LogP contribution in [0.25, 0.3) is 27.8 Å². The normalized spacial score (nSPS) is 11.1. The molecule has 0 fully saturated rings. The van der Waals surface area contributed by atoms with E-state index in [2.05, 4.69) is 45.0 Å². The van der Waals surface area contributed by atoms with Crippen molar-refractivity contribution in [3.8, 4) is 16.8 Å². The molecule has 0 spiro atoms. The van der Waals surface area contributed by atoms with E-state index in [-0.39, 0.29) is 0 Å². The lowest BCUT2D eigenvalue weighted by atomic mass is 10.1. The highest BCUT2D eigenvalue weighted by molar-refractivity contribution is 5.77. The SMILES string of the molecule is Cn1cc(-c2ccc(-n3cnc4cc[c]cc43)cc2)cn1. The molecular formula is C17H13N4. The third kappa shape index (κ3) is 2.01. The van der Waals surface area contributed by atoms with Gasteiger partial charge in [-0.25, -0.2) is 4.98 Å². The topological polar surface area (TPSA) is 35.6 Å². The average Bonchev–Trinajstić information content (AvgIpc) is 3.14. The molecule has 0 saturated heterocycles. The molecule has 1 radical (unpaired) electrons. The van der Waals surface area contributed by atoms with Crippen molar-refractivity contribution in [2.45, 2.75) is 0 Å². The van der Waals surface area contributed by atoms with Gasteiger partial charge < -0.3 is 0 Å². The van der Waals surface area contributed by atoms with Gasteiger partial charge in [0.1, 0.15) is 6.33 Å². The van der Waals surface area contributed by atoms with Crippen LogP contribution >= 0.6 is 0 Å². The lowest BCUT2D eigenvalue weighted by molar-refractivity contribution is 0.768. The van der Waals surface area contributed by atoms with E-state index in [1.807, 2.05) is 48.6 Å². The summed E-state index contributed by atoms with van der Waals surface area (Å²) in [6.45, 7) is 0. The maximum atomic E-state index is 4.41. The van der Waals surface area contributed by atoms with Gasteiger partial charge in [-0.3, -0.25) is 9.25 Å². The minimum atomic E-state index is 0.977. The predicted molar refractivity (Wildman–Crippen MR) is 82.1 cm³/mol. The summed E-state index contributed by atoms with van der Waals surface area (Å²) >= 11 is 0. The van der Waals surface area contributed by atoms with Crippen LogP contribution in [-0.2, 0) is 7.05 Å². The highest BCUT2D eigenvalue weighted by Gasteiger charge is 2.05. The Bertz CT molecular complexity index is 900. The van der Waals surface area contributed by atoms with Crippen molar-refractivity contribution in [1.29, 1.82) is 0 Å². The van der Waals surface area contributed by atoms with Crippen molar-refractivity contribution < 1.29 is 0 Å². The molecule has 0 aliphatic carbocycles. The molecule has 0 N–H and O–H groups in total. The van der Waals surface area contributed by atoms with Crippen LogP contribution in [0.5, 0.6) is 0 Å². The van der Waals surface area contributed by atoms with Gasteiger partial charge in [0.2, 0.25) is 0 Å². The molecule has 101 valence electrons. The summed E-state index contributed by atoms with van der Waals surface area (Å²) in [6.07, 6.45) is 5.73. The number of nitrogens with zero attached hydrogens (tertiary/aromatic N) is 4. The zero-order valence-electron chi connectivity index (χ0n) is 11.6. The van der Waals surface area contributed by atoms with Gasteiger partial charge in [-0.1, -0.05) is 18.2 Å². The maximum Gasteiger partial charge on any atom is 0.100 e. The van der Waals surface area contributed by atoms with Crippen LogP contribution in [0, 0.1) is 6.07 Å². The molecule has 0 aliphatic rings. The first-order valence-corrected chi connectivity index (χ1v) is 6.74. The molecule has 0 amide bonds. The Labute approximate surface area is 122 Å². The molecule has 2 aromatic carbocycles. The molecule has 0 aliphatic heterocycles. The Kier molecular flexibility index (Phi) is 2.60. The molecule has 4 aromatic rings. The van der Waals surface area contributed by atoms with Crippen LogP contribution in [0.2, 0.25) is 0 Å². The van der Waals surface area contributed by atoms with Gasteiger partial charge in [0, 0.05) is 24.5 Å². The summed E-state index contributed by atoms with van der Waals surface area (Å²) in [5.41, 5.74) is 5.40. The van der Waals surface area contributed by atoms with Gasteiger partial charge in [-0.15, -0.1) is 0 Å². The smallest absolute Gasteiger partial charge is 0.100 e. The van der Waals surface area contributed by atoms with Crippen LogP contribution in [0.15, 0.2) is 61.2 Å². The van der Waals surface area contributed by atoms with E-state index < -0.39 is 0 Å². The van der Waals surface area contributed by atoms with Crippen LogP contribution in [0.4, 0.5) is 0 Å². The van der Waals surface area contributed by atoms with E-state index in [1.165, 1.54) is 0 Å². The standard InChI is InChI=1S/C17H13N4/c1-20-11-14(10-19-20)13-6-8-15(9-7-13)21-12-18-16-4-2-3-5-17(16)21/h2,4-12H,1H3. The molecule has 0 bridgehead atoms. The van der Waals surface area contributed by atoms with Crippen molar-refractivity contribution in [2.24, 2.45) is 7.05 Å². The number of benzene rings is 2. The molecular weight excluding hydrogens is 260 g/mol. The summed E-state index contributed by atoms with van der Waals surface area (Å²) < 4.78 is 3.88. The second-order valence-corrected chi connectivity index (χ2v) is 4.98. The zero-order chi connectivity index (χ0) is 14.2. The first kappa shape index (κ1) is 11.9. The maximum absolute atomic E-state index is 4.41. The molecule has 4 rings (SSSR count). The third-order valence-electron chi connectivity index (χ3n) is 3.58. The van der Waals surface area contributed by atoms with Gasteiger partial charge in [0.25, 0.3) is 0 Å². The number of aryl methyl sites for hydroxylation is 1. The molecule has 2 heterocycles. The summed E-state index contributed by atoms with van der Waals surface area (Å²) in [4.78, 5) is 4.41. The lowest BCUT2D eigenvalue weighted by Crippen LogP contribution is -1.91. The van der Waals surface area contributed by atoms with Crippen molar-refractivity contribution in [2.75, 3.05) is 0 Å². The Morgan fingerprint density at radius 2 is 1.90 bits per heavy atom. The predicted octanol–water partition coefficient (Wildman–Crippen LogP) is 3.23. The number of fused-ring (bicyclic) bond motifs is 1. The van der Waals surface area contributed by atoms with Crippen LogP contribution in [0.3, 0.4) is 0 Å². The van der Waals surface area contributed by atoms with Crippen LogP contribution in [-0.4, -0.2) is 19.3 Å². The fourth-order valence-corrected chi connectivity index (χ4v) is 2.49. The largest absolute Gasteiger partial charge is 0.299 e. The Balaban J connectivity index is 1.76. The second-order valence-electron chi connectivity index (χ2n) is 4.98. The molecule has 4 nitrogen and oxygen atoms in total. The average molecular weight is 273 g/mol. The first-order chi connectivity index (χ1) is 10.3. The highest BCUT2D eigenvalue weighted by atomic mass is 15.2. The Morgan fingerprint density at radius 3 is 2.67 bits per heavy atom.